The van der Waals surface area contributed by atoms with Gasteiger partial charge in [0.25, 0.3) is 0 Å². The van der Waals surface area contributed by atoms with Crippen molar-refractivity contribution in [1.82, 2.24) is 24.5 Å². The van der Waals surface area contributed by atoms with E-state index in [-0.39, 0.29) is 18.0 Å². The van der Waals surface area contributed by atoms with Crippen molar-refractivity contribution in [3.05, 3.63) is 0 Å². The van der Waals surface area contributed by atoms with Crippen LogP contribution in [0.15, 0.2) is 0 Å². The zero-order chi connectivity index (χ0) is 18.5. The predicted octanol–water partition coefficient (Wildman–Crippen LogP) is 0.339. The molecule has 4 amide bonds. The van der Waals surface area contributed by atoms with E-state index in [9.17, 15) is 9.59 Å². The van der Waals surface area contributed by atoms with Crippen LogP contribution in [0.3, 0.4) is 0 Å². The first kappa shape index (κ1) is 19.3. The first-order chi connectivity index (χ1) is 12.5. The number of carbonyl (C=O) groups excluding carboxylic acids is 2. The molecule has 3 fully saturated rings. The van der Waals surface area contributed by atoms with E-state index in [4.69, 9.17) is 9.47 Å². The molecule has 3 saturated heterocycles. The van der Waals surface area contributed by atoms with Crippen LogP contribution in [0.5, 0.6) is 0 Å². The molecule has 148 valence electrons. The third-order valence-electron chi connectivity index (χ3n) is 4.84. The molecule has 3 aliphatic heterocycles. The second kappa shape index (κ2) is 8.98. The molecule has 0 saturated carbocycles. The van der Waals surface area contributed by atoms with Crippen LogP contribution < -0.4 is 0 Å². The third kappa shape index (κ3) is 4.85. The minimum absolute atomic E-state index is 0.187. The van der Waals surface area contributed by atoms with Crippen molar-refractivity contribution in [3.63, 3.8) is 0 Å². The number of ether oxygens (including phenoxy) is 2. The van der Waals surface area contributed by atoms with E-state index in [0.717, 1.165) is 26.2 Å². The summed E-state index contributed by atoms with van der Waals surface area (Å²) in [5, 5.41) is 0. The summed E-state index contributed by atoms with van der Waals surface area (Å²) in [6.45, 7) is 11.9. The monoisotopic (exact) mass is 369 g/mol. The first-order valence-corrected chi connectivity index (χ1v) is 9.50. The molecule has 0 aromatic heterocycles. The van der Waals surface area contributed by atoms with E-state index >= 15 is 0 Å². The lowest BCUT2D eigenvalue weighted by atomic mass is 10.2. The predicted molar refractivity (Wildman–Crippen MR) is 95.4 cm³/mol. The molecule has 26 heavy (non-hydrogen) atoms. The normalized spacial score (nSPS) is 24.0. The van der Waals surface area contributed by atoms with Crippen LogP contribution in [0.1, 0.15) is 13.8 Å². The number of hydrogen-bond donors (Lipinski definition) is 0. The van der Waals surface area contributed by atoms with Crippen molar-refractivity contribution in [2.24, 2.45) is 5.92 Å². The first-order valence-electron chi connectivity index (χ1n) is 9.50. The summed E-state index contributed by atoms with van der Waals surface area (Å²) < 4.78 is 10.8. The van der Waals surface area contributed by atoms with Gasteiger partial charge >= 0.3 is 12.1 Å². The molecule has 0 bridgehead atoms. The Labute approximate surface area is 155 Å². The maximum atomic E-state index is 12.9. The number of imide groups is 1. The van der Waals surface area contributed by atoms with E-state index in [1.807, 2.05) is 13.8 Å². The molecule has 0 aromatic carbocycles. The van der Waals surface area contributed by atoms with Gasteiger partial charge in [-0.25, -0.2) is 14.5 Å². The van der Waals surface area contributed by atoms with E-state index in [1.165, 1.54) is 4.90 Å². The summed E-state index contributed by atoms with van der Waals surface area (Å²) in [5.41, 5.74) is 0. The molecule has 3 aliphatic rings. The number of rotatable bonds is 6. The highest BCUT2D eigenvalue weighted by Gasteiger charge is 2.38. The van der Waals surface area contributed by atoms with E-state index in [2.05, 4.69) is 9.80 Å². The number of amides is 4. The van der Waals surface area contributed by atoms with Gasteiger partial charge in [-0.05, 0) is 5.92 Å². The van der Waals surface area contributed by atoms with Crippen LogP contribution in [-0.2, 0) is 9.47 Å². The second-order valence-corrected chi connectivity index (χ2v) is 7.53. The van der Waals surface area contributed by atoms with Crippen molar-refractivity contribution in [2.75, 3.05) is 79.2 Å². The van der Waals surface area contributed by atoms with E-state index in [0.29, 0.717) is 53.0 Å². The summed E-state index contributed by atoms with van der Waals surface area (Å²) in [6.07, 6.45) is 0. The number of hydrogen-bond acceptors (Lipinski definition) is 6. The summed E-state index contributed by atoms with van der Waals surface area (Å²) in [5.74, 6) is 0.233. The van der Waals surface area contributed by atoms with Crippen LogP contribution in [-0.4, -0.2) is 116 Å². The van der Waals surface area contributed by atoms with Gasteiger partial charge in [-0.1, -0.05) is 13.8 Å². The Bertz CT molecular complexity index is 454. The third-order valence-corrected chi connectivity index (χ3v) is 4.84. The molecule has 3 heterocycles. The van der Waals surface area contributed by atoms with Gasteiger partial charge in [-0.2, -0.15) is 0 Å². The van der Waals surface area contributed by atoms with Crippen LogP contribution in [0, 0.1) is 5.92 Å². The lowest BCUT2D eigenvalue weighted by Crippen LogP contribution is -2.65. The highest BCUT2D eigenvalue weighted by Crippen LogP contribution is 2.17. The molecule has 0 spiro atoms. The van der Waals surface area contributed by atoms with Gasteiger partial charge in [-0.15, -0.1) is 0 Å². The molecular weight excluding hydrogens is 338 g/mol. The lowest BCUT2D eigenvalue weighted by Gasteiger charge is -2.45. The molecule has 3 rings (SSSR count). The highest BCUT2D eigenvalue weighted by atomic mass is 16.5. The fourth-order valence-corrected chi connectivity index (χ4v) is 3.45. The van der Waals surface area contributed by atoms with Gasteiger partial charge in [0.2, 0.25) is 0 Å². The number of carbonyl (C=O) groups is 2. The number of morpholine rings is 2. The van der Waals surface area contributed by atoms with Gasteiger partial charge in [0, 0.05) is 32.7 Å². The fraction of sp³-hybridized carbons (Fsp3) is 0.882. The van der Waals surface area contributed by atoms with Crippen molar-refractivity contribution in [3.8, 4) is 0 Å². The maximum Gasteiger partial charge on any atom is 0.330 e. The van der Waals surface area contributed by atoms with Gasteiger partial charge < -0.3 is 9.47 Å². The molecule has 9 nitrogen and oxygen atoms in total. The Morgan fingerprint density at radius 1 is 0.808 bits per heavy atom. The largest absolute Gasteiger partial charge is 0.379 e. The van der Waals surface area contributed by atoms with Crippen LogP contribution >= 0.6 is 0 Å². The van der Waals surface area contributed by atoms with Crippen molar-refractivity contribution in [2.45, 2.75) is 13.8 Å². The molecule has 0 N–H and O–H groups in total. The van der Waals surface area contributed by atoms with Gasteiger partial charge in [-0.3, -0.25) is 19.6 Å². The lowest BCUT2D eigenvalue weighted by molar-refractivity contribution is -0.0221. The van der Waals surface area contributed by atoms with Crippen molar-refractivity contribution >= 4 is 12.1 Å². The van der Waals surface area contributed by atoms with Gasteiger partial charge in [0.05, 0.1) is 39.8 Å². The zero-order valence-corrected chi connectivity index (χ0v) is 15.9. The smallest absolute Gasteiger partial charge is 0.330 e. The average Bonchev–Trinajstić information content (AvgIpc) is 2.64. The standard InChI is InChI=1S/C17H31N5O4/c1-15(2)11-22-16(23)20(12-18-3-7-25-8-4-18)14-21(17(22)24)13-19-5-9-26-10-6-19/h15H,3-14H2,1-2H3. The minimum Gasteiger partial charge on any atom is -0.379 e. The fourth-order valence-electron chi connectivity index (χ4n) is 3.45. The van der Waals surface area contributed by atoms with Crippen LogP contribution in [0.2, 0.25) is 0 Å². The van der Waals surface area contributed by atoms with Crippen molar-refractivity contribution < 1.29 is 19.1 Å². The topological polar surface area (TPSA) is 68.8 Å². The van der Waals surface area contributed by atoms with Gasteiger partial charge in [0.1, 0.15) is 6.67 Å². The van der Waals surface area contributed by atoms with Gasteiger partial charge in [0.15, 0.2) is 0 Å². The molecule has 0 radical (unpaired) electrons. The van der Waals surface area contributed by atoms with E-state index in [1.54, 1.807) is 9.80 Å². The zero-order valence-electron chi connectivity index (χ0n) is 15.9. The molecule has 0 aliphatic carbocycles. The molecule has 0 unspecified atom stereocenters. The molecule has 0 aromatic rings. The molecule has 0 atom stereocenters. The Balaban J connectivity index is 1.68. The Hall–Kier alpha value is -1.42. The Morgan fingerprint density at radius 3 is 1.62 bits per heavy atom. The van der Waals surface area contributed by atoms with E-state index < -0.39 is 0 Å². The number of urea groups is 2. The summed E-state index contributed by atoms with van der Waals surface area (Å²) in [6, 6.07) is -0.373. The summed E-state index contributed by atoms with van der Waals surface area (Å²) >= 11 is 0. The molecular formula is C17H31N5O4. The van der Waals surface area contributed by atoms with Crippen molar-refractivity contribution in [1.29, 1.82) is 0 Å². The molecule has 9 heteroatoms. The second-order valence-electron chi connectivity index (χ2n) is 7.53. The Morgan fingerprint density at radius 2 is 1.23 bits per heavy atom. The SMILES string of the molecule is CC(C)CN1C(=O)N(CN2CCOCC2)CN(CN2CCOCC2)C1=O. The average molecular weight is 369 g/mol. The quantitative estimate of drug-likeness (QED) is 0.673. The summed E-state index contributed by atoms with van der Waals surface area (Å²) in [7, 11) is 0. The number of nitrogens with zero attached hydrogens (tertiary/aromatic N) is 5. The maximum absolute atomic E-state index is 12.9. The Kier molecular flexibility index (Phi) is 6.68. The summed E-state index contributed by atoms with van der Waals surface area (Å²) in [4.78, 5) is 35.1. The minimum atomic E-state index is -0.187. The van der Waals surface area contributed by atoms with Crippen LogP contribution in [0.4, 0.5) is 9.59 Å². The highest BCUT2D eigenvalue weighted by molar-refractivity contribution is 5.95. The van der Waals surface area contributed by atoms with Crippen LogP contribution in [0.25, 0.3) is 0 Å².